The van der Waals surface area contributed by atoms with Crippen LogP contribution in [0.25, 0.3) is 0 Å². The average Bonchev–Trinajstić information content (AvgIpc) is 2.70. The minimum Gasteiger partial charge on any atom is -0.481 e. The highest BCUT2D eigenvalue weighted by atomic mass is 16.5. The molecule has 0 heterocycles. The van der Waals surface area contributed by atoms with E-state index in [1.165, 1.54) is 6.92 Å². The van der Waals surface area contributed by atoms with Crippen molar-refractivity contribution >= 4 is 17.7 Å². The van der Waals surface area contributed by atoms with Crippen LogP contribution in [0, 0.1) is 13.8 Å². The summed E-state index contributed by atoms with van der Waals surface area (Å²) >= 11 is 0. The van der Waals surface area contributed by atoms with Crippen LogP contribution in [-0.4, -0.2) is 29.4 Å². The number of carboxylic acids is 1. The lowest BCUT2D eigenvalue weighted by atomic mass is 9.93. The standard InChI is InChI=1S/C14H18O2.C12H14O3/c1-4-7-13(14(15)16-5-2)12-9-6-8-11(3)10-12;1-8-4-3-5-10(6-8)11(12(14)15)7-9(2)13/h4,6,8-10,13H,1,5,7H2,2-3H3;3-6,11H,7H2,1-2H3,(H,14,15). The van der Waals surface area contributed by atoms with Gasteiger partial charge in [0.05, 0.1) is 18.4 Å². The van der Waals surface area contributed by atoms with Crippen molar-refractivity contribution in [3.05, 3.63) is 83.4 Å². The summed E-state index contributed by atoms with van der Waals surface area (Å²) < 4.78 is 5.06. The molecule has 0 bridgehead atoms. The van der Waals surface area contributed by atoms with Crippen LogP contribution in [-0.2, 0) is 19.1 Å². The molecule has 0 aliphatic carbocycles. The third-order valence-corrected chi connectivity index (χ3v) is 4.65. The Hall–Kier alpha value is -3.21. The molecule has 0 saturated heterocycles. The highest BCUT2D eigenvalue weighted by Gasteiger charge is 2.21. The zero-order chi connectivity index (χ0) is 23.4. The Balaban J connectivity index is 0.000000311. The van der Waals surface area contributed by atoms with Gasteiger partial charge in [-0.15, -0.1) is 6.58 Å². The van der Waals surface area contributed by atoms with Crippen LogP contribution in [0.15, 0.2) is 61.2 Å². The SMILES string of the molecule is C=CCC(C(=O)OCC)c1cccc(C)c1.CC(=O)CC(C(=O)O)c1cccc(C)c1. The van der Waals surface area contributed by atoms with Gasteiger partial charge in [-0.05, 0) is 45.2 Å². The van der Waals surface area contributed by atoms with Gasteiger partial charge in [-0.3, -0.25) is 14.4 Å². The maximum absolute atomic E-state index is 11.8. The summed E-state index contributed by atoms with van der Waals surface area (Å²) in [5.41, 5.74) is 3.84. The number of allylic oxidation sites excluding steroid dienone is 1. The molecule has 0 spiro atoms. The molecule has 0 amide bonds. The number of aryl methyl sites for hydroxylation is 2. The van der Waals surface area contributed by atoms with E-state index in [1.807, 2.05) is 57.2 Å². The van der Waals surface area contributed by atoms with E-state index in [0.717, 1.165) is 16.7 Å². The number of aliphatic carboxylic acids is 1. The van der Waals surface area contributed by atoms with Gasteiger partial charge in [0.25, 0.3) is 0 Å². The Bertz CT molecular complexity index is 900. The molecule has 5 heteroatoms. The maximum Gasteiger partial charge on any atom is 0.313 e. The summed E-state index contributed by atoms with van der Waals surface area (Å²) in [5.74, 6) is -2.17. The first-order valence-corrected chi connectivity index (χ1v) is 10.3. The Kier molecular flexibility index (Phi) is 11.0. The molecule has 2 aromatic carbocycles. The molecule has 2 rings (SSSR count). The molecule has 2 atom stereocenters. The summed E-state index contributed by atoms with van der Waals surface area (Å²) in [6.45, 7) is 11.2. The highest BCUT2D eigenvalue weighted by molar-refractivity contribution is 5.85. The Morgan fingerprint density at radius 1 is 1.00 bits per heavy atom. The van der Waals surface area contributed by atoms with Gasteiger partial charge >= 0.3 is 11.9 Å². The number of rotatable bonds is 9. The lowest BCUT2D eigenvalue weighted by Gasteiger charge is -2.14. The third-order valence-electron chi connectivity index (χ3n) is 4.65. The molecule has 0 aliphatic heterocycles. The molecule has 1 N–H and O–H groups in total. The van der Waals surface area contributed by atoms with Gasteiger partial charge in [-0.2, -0.15) is 0 Å². The number of hydrogen-bond acceptors (Lipinski definition) is 4. The number of esters is 1. The summed E-state index contributed by atoms with van der Waals surface area (Å²) in [6, 6.07) is 15.2. The topological polar surface area (TPSA) is 80.7 Å². The monoisotopic (exact) mass is 424 g/mol. The van der Waals surface area contributed by atoms with Crippen molar-refractivity contribution in [3.8, 4) is 0 Å². The number of carboxylic acid groups (broad SMARTS) is 1. The molecule has 0 radical (unpaired) electrons. The van der Waals surface area contributed by atoms with E-state index in [1.54, 1.807) is 18.2 Å². The lowest BCUT2D eigenvalue weighted by Crippen LogP contribution is -2.15. The van der Waals surface area contributed by atoms with Crippen LogP contribution in [0.1, 0.15) is 60.8 Å². The summed E-state index contributed by atoms with van der Waals surface area (Å²) in [7, 11) is 0. The van der Waals surface area contributed by atoms with Gasteiger partial charge in [0.1, 0.15) is 5.78 Å². The molecule has 2 aromatic rings. The number of ketones is 1. The van der Waals surface area contributed by atoms with Gasteiger partial charge in [0.2, 0.25) is 0 Å². The number of carbonyl (C=O) groups is 3. The summed E-state index contributed by atoms with van der Waals surface area (Å²) in [6.07, 6.45) is 2.42. The molecule has 2 unspecified atom stereocenters. The van der Waals surface area contributed by atoms with Crippen molar-refractivity contribution in [2.75, 3.05) is 6.61 Å². The van der Waals surface area contributed by atoms with E-state index in [9.17, 15) is 14.4 Å². The Morgan fingerprint density at radius 3 is 1.90 bits per heavy atom. The second kappa shape index (κ2) is 13.2. The van der Waals surface area contributed by atoms with E-state index in [2.05, 4.69) is 6.58 Å². The van der Waals surface area contributed by atoms with Crippen LogP contribution in [0.2, 0.25) is 0 Å². The highest BCUT2D eigenvalue weighted by Crippen LogP contribution is 2.23. The maximum atomic E-state index is 11.8. The van der Waals surface area contributed by atoms with Gasteiger partial charge < -0.3 is 9.84 Å². The van der Waals surface area contributed by atoms with Gasteiger partial charge in [-0.25, -0.2) is 0 Å². The predicted octanol–water partition coefficient (Wildman–Crippen LogP) is 5.36. The first kappa shape index (κ1) is 25.8. The fraction of sp³-hybridized carbons (Fsp3) is 0.346. The average molecular weight is 425 g/mol. The fourth-order valence-corrected chi connectivity index (χ4v) is 3.19. The zero-order valence-corrected chi connectivity index (χ0v) is 18.8. The van der Waals surface area contributed by atoms with E-state index >= 15 is 0 Å². The molecule has 0 saturated carbocycles. The molecule has 5 nitrogen and oxygen atoms in total. The zero-order valence-electron chi connectivity index (χ0n) is 18.8. The third kappa shape index (κ3) is 8.99. The Labute approximate surface area is 184 Å². The van der Waals surface area contributed by atoms with Gasteiger partial charge in [0, 0.05) is 6.42 Å². The number of benzene rings is 2. The van der Waals surface area contributed by atoms with E-state index in [4.69, 9.17) is 9.84 Å². The quantitative estimate of drug-likeness (QED) is 0.433. The van der Waals surface area contributed by atoms with Crippen molar-refractivity contribution in [3.63, 3.8) is 0 Å². The minimum absolute atomic E-state index is 0.0544. The fourth-order valence-electron chi connectivity index (χ4n) is 3.19. The molecular formula is C26H32O5. The van der Waals surface area contributed by atoms with Crippen molar-refractivity contribution in [1.29, 1.82) is 0 Å². The number of ether oxygens (including phenoxy) is 1. The van der Waals surface area contributed by atoms with Crippen LogP contribution in [0.4, 0.5) is 0 Å². The smallest absolute Gasteiger partial charge is 0.313 e. The lowest BCUT2D eigenvalue weighted by molar-refractivity contribution is -0.145. The van der Waals surface area contributed by atoms with Crippen LogP contribution in [0.5, 0.6) is 0 Å². The van der Waals surface area contributed by atoms with E-state index < -0.39 is 11.9 Å². The molecule has 0 aliphatic rings. The number of carbonyl (C=O) groups excluding carboxylic acids is 2. The van der Waals surface area contributed by atoms with Crippen molar-refractivity contribution < 1.29 is 24.2 Å². The number of Topliss-reactive ketones (excluding diaryl/α,β-unsaturated/α-hetero) is 1. The molecule has 31 heavy (non-hydrogen) atoms. The van der Waals surface area contributed by atoms with E-state index in [-0.39, 0.29) is 24.1 Å². The van der Waals surface area contributed by atoms with Crippen molar-refractivity contribution in [2.24, 2.45) is 0 Å². The summed E-state index contributed by atoms with van der Waals surface area (Å²) in [5, 5.41) is 9.01. The van der Waals surface area contributed by atoms with Crippen LogP contribution < -0.4 is 0 Å². The largest absolute Gasteiger partial charge is 0.481 e. The molecular weight excluding hydrogens is 392 g/mol. The normalized spacial score (nSPS) is 12.0. The second-order valence-corrected chi connectivity index (χ2v) is 7.45. The van der Waals surface area contributed by atoms with Crippen LogP contribution in [0.3, 0.4) is 0 Å². The second-order valence-electron chi connectivity index (χ2n) is 7.45. The molecule has 0 fully saturated rings. The van der Waals surface area contributed by atoms with Gasteiger partial charge in [0.15, 0.2) is 0 Å². The minimum atomic E-state index is -0.948. The Morgan fingerprint density at radius 2 is 1.52 bits per heavy atom. The first-order valence-electron chi connectivity index (χ1n) is 10.3. The first-order chi connectivity index (χ1) is 14.7. The molecule has 0 aromatic heterocycles. The van der Waals surface area contributed by atoms with Crippen LogP contribution >= 0.6 is 0 Å². The molecule has 166 valence electrons. The van der Waals surface area contributed by atoms with Gasteiger partial charge in [-0.1, -0.05) is 65.7 Å². The summed E-state index contributed by atoms with van der Waals surface area (Å²) in [4.78, 5) is 33.7. The van der Waals surface area contributed by atoms with Crippen molar-refractivity contribution in [2.45, 2.75) is 52.4 Å². The number of hydrogen-bond donors (Lipinski definition) is 1. The van der Waals surface area contributed by atoms with Crippen molar-refractivity contribution in [1.82, 2.24) is 0 Å². The predicted molar refractivity (Wildman–Crippen MR) is 122 cm³/mol. The van der Waals surface area contributed by atoms with E-state index in [0.29, 0.717) is 18.6 Å².